The third-order valence-corrected chi connectivity index (χ3v) is 3.30. The monoisotopic (exact) mass is 283 g/mol. The molecule has 0 unspecified atom stereocenters. The number of hydrogen-bond donors (Lipinski definition) is 0. The molecule has 0 N–H and O–H groups in total. The average Bonchev–Trinajstić information content (AvgIpc) is 2.84. The SMILES string of the molecule is CC.CC(=O)OCCn1c2ccccc2c2ccccc21. The molecule has 0 aliphatic rings. The summed E-state index contributed by atoms with van der Waals surface area (Å²) in [5.41, 5.74) is 2.35. The highest BCUT2D eigenvalue weighted by Crippen LogP contribution is 2.28. The highest BCUT2D eigenvalue weighted by molar-refractivity contribution is 6.07. The minimum Gasteiger partial charge on any atom is -0.464 e. The zero-order valence-corrected chi connectivity index (χ0v) is 12.8. The number of nitrogens with zero attached hydrogens (tertiary/aromatic N) is 1. The van der Waals surface area contributed by atoms with Gasteiger partial charge in [-0.1, -0.05) is 50.2 Å². The second-order valence-corrected chi connectivity index (χ2v) is 4.53. The molecule has 2 aromatic carbocycles. The number of aromatic nitrogens is 1. The van der Waals surface area contributed by atoms with Gasteiger partial charge in [-0.15, -0.1) is 0 Å². The second kappa shape index (κ2) is 6.93. The van der Waals surface area contributed by atoms with Gasteiger partial charge in [0.15, 0.2) is 0 Å². The summed E-state index contributed by atoms with van der Waals surface area (Å²) in [5, 5.41) is 2.47. The first-order valence-corrected chi connectivity index (χ1v) is 7.37. The maximum atomic E-state index is 10.9. The van der Waals surface area contributed by atoms with E-state index in [4.69, 9.17) is 4.74 Å². The molecule has 0 radical (unpaired) electrons. The Bertz CT molecular complexity index is 690. The summed E-state index contributed by atoms with van der Waals surface area (Å²) in [5.74, 6) is -0.235. The van der Waals surface area contributed by atoms with Crippen molar-refractivity contribution < 1.29 is 9.53 Å². The topological polar surface area (TPSA) is 31.2 Å². The van der Waals surface area contributed by atoms with Crippen LogP contribution in [0.1, 0.15) is 20.8 Å². The number of hydrogen-bond acceptors (Lipinski definition) is 2. The van der Waals surface area contributed by atoms with Crippen molar-refractivity contribution in [2.24, 2.45) is 0 Å². The molecule has 1 heterocycles. The van der Waals surface area contributed by atoms with Gasteiger partial charge in [0.05, 0.1) is 6.54 Å². The molecular weight excluding hydrogens is 262 g/mol. The minimum absolute atomic E-state index is 0.235. The number of rotatable bonds is 3. The first-order chi connectivity index (χ1) is 10.3. The van der Waals surface area contributed by atoms with Gasteiger partial charge in [-0.05, 0) is 12.1 Å². The fraction of sp³-hybridized carbons (Fsp3) is 0.278. The zero-order chi connectivity index (χ0) is 15.2. The molecule has 3 rings (SSSR count). The van der Waals surface area contributed by atoms with E-state index in [1.807, 2.05) is 38.1 Å². The largest absolute Gasteiger partial charge is 0.464 e. The van der Waals surface area contributed by atoms with Crippen LogP contribution in [0.2, 0.25) is 0 Å². The van der Waals surface area contributed by atoms with Crippen molar-refractivity contribution in [3.8, 4) is 0 Å². The molecule has 21 heavy (non-hydrogen) atoms. The summed E-state index contributed by atoms with van der Waals surface area (Å²) in [4.78, 5) is 10.9. The van der Waals surface area contributed by atoms with Gasteiger partial charge >= 0.3 is 5.97 Å². The Morgan fingerprint density at radius 2 is 1.43 bits per heavy atom. The molecule has 3 aromatic rings. The van der Waals surface area contributed by atoms with Crippen molar-refractivity contribution in [3.63, 3.8) is 0 Å². The van der Waals surface area contributed by atoms with Crippen LogP contribution < -0.4 is 0 Å². The molecule has 0 fully saturated rings. The van der Waals surface area contributed by atoms with Gasteiger partial charge in [-0.25, -0.2) is 0 Å². The molecule has 0 saturated heterocycles. The Balaban J connectivity index is 0.000000774. The quantitative estimate of drug-likeness (QED) is 0.668. The highest BCUT2D eigenvalue weighted by Gasteiger charge is 2.09. The van der Waals surface area contributed by atoms with Crippen LogP contribution in [0.5, 0.6) is 0 Å². The van der Waals surface area contributed by atoms with Gasteiger partial charge in [0, 0.05) is 28.7 Å². The Kier molecular flexibility index (Phi) is 4.99. The van der Waals surface area contributed by atoms with Crippen LogP contribution in [0, 0.1) is 0 Å². The van der Waals surface area contributed by atoms with E-state index < -0.39 is 0 Å². The maximum absolute atomic E-state index is 10.9. The molecule has 3 heteroatoms. The zero-order valence-electron chi connectivity index (χ0n) is 12.8. The standard InChI is InChI=1S/C16H15NO2.C2H6/c1-12(18)19-11-10-17-15-8-4-2-6-13(15)14-7-3-5-9-16(14)17;1-2/h2-9H,10-11H2,1H3;1-2H3. The molecule has 0 aliphatic heterocycles. The maximum Gasteiger partial charge on any atom is 0.302 e. The van der Waals surface area contributed by atoms with Gasteiger partial charge in [-0.3, -0.25) is 4.79 Å². The second-order valence-electron chi connectivity index (χ2n) is 4.53. The number of esters is 1. The summed E-state index contributed by atoms with van der Waals surface area (Å²) in [6.45, 7) is 6.51. The van der Waals surface area contributed by atoms with Crippen LogP contribution >= 0.6 is 0 Å². The molecule has 1 aromatic heterocycles. The number of fused-ring (bicyclic) bond motifs is 3. The molecule has 0 spiro atoms. The molecule has 0 amide bonds. The lowest BCUT2D eigenvalue weighted by atomic mass is 10.2. The van der Waals surface area contributed by atoms with Crippen molar-refractivity contribution in [1.82, 2.24) is 4.57 Å². The lowest BCUT2D eigenvalue weighted by Gasteiger charge is -2.07. The summed E-state index contributed by atoms with van der Waals surface area (Å²) >= 11 is 0. The van der Waals surface area contributed by atoms with E-state index in [0.29, 0.717) is 13.2 Å². The lowest BCUT2D eigenvalue weighted by Crippen LogP contribution is -2.08. The molecule has 0 atom stereocenters. The lowest BCUT2D eigenvalue weighted by molar-refractivity contribution is -0.141. The summed E-state index contributed by atoms with van der Waals surface area (Å²) in [7, 11) is 0. The molecular formula is C18H21NO2. The van der Waals surface area contributed by atoms with E-state index in [1.54, 1.807) is 0 Å². The smallest absolute Gasteiger partial charge is 0.302 e. The number of para-hydroxylation sites is 2. The van der Waals surface area contributed by atoms with E-state index in [1.165, 1.54) is 28.7 Å². The van der Waals surface area contributed by atoms with E-state index >= 15 is 0 Å². The van der Waals surface area contributed by atoms with E-state index in [2.05, 4.69) is 28.8 Å². The van der Waals surface area contributed by atoms with E-state index in [0.717, 1.165) is 0 Å². The Morgan fingerprint density at radius 1 is 0.952 bits per heavy atom. The van der Waals surface area contributed by atoms with Crippen LogP contribution in [-0.4, -0.2) is 17.1 Å². The van der Waals surface area contributed by atoms with Crippen molar-refractivity contribution in [2.75, 3.05) is 6.61 Å². The predicted octanol–water partition coefficient (Wildman–Crippen LogP) is 4.38. The Morgan fingerprint density at radius 3 is 1.90 bits per heavy atom. The number of ether oxygens (including phenoxy) is 1. The van der Waals surface area contributed by atoms with Crippen molar-refractivity contribution >= 4 is 27.8 Å². The molecule has 110 valence electrons. The Labute approximate surface area is 125 Å². The van der Waals surface area contributed by atoms with Crippen molar-refractivity contribution in [3.05, 3.63) is 48.5 Å². The Hall–Kier alpha value is -2.29. The number of carbonyl (C=O) groups is 1. The third kappa shape index (κ3) is 3.07. The highest BCUT2D eigenvalue weighted by atomic mass is 16.5. The van der Waals surface area contributed by atoms with Gasteiger partial charge in [0.25, 0.3) is 0 Å². The molecule has 0 bridgehead atoms. The third-order valence-electron chi connectivity index (χ3n) is 3.30. The first kappa shape index (κ1) is 15.1. The van der Waals surface area contributed by atoms with E-state index in [-0.39, 0.29) is 5.97 Å². The van der Waals surface area contributed by atoms with Crippen LogP contribution in [0.15, 0.2) is 48.5 Å². The van der Waals surface area contributed by atoms with Crippen LogP contribution in [-0.2, 0) is 16.1 Å². The van der Waals surface area contributed by atoms with Gasteiger partial charge in [0.1, 0.15) is 6.61 Å². The summed E-state index contributed by atoms with van der Waals surface area (Å²) in [6, 6.07) is 16.6. The van der Waals surface area contributed by atoms with Crippen LogP contribution in [0.4, 0.5) is 0 Å². The van der Waals surface area contributed by atoms with Crippen molar-refractivity contribution in [1.29, 1.82) is 0 Å². The first-order valence-electron chi connectivity index (χ1n) is 7.37. The summed E-state index contributed by atoms with van der Waals surface area (Å²) in [6.07, 6.45) is 0. The van der Waals surface area contributed by atoms with Gasteiger partial charge < -0.3 is 9.30 Å². The molecule has 0 aliphatic carbocycles. The fourth-order valence-electron chi connectivity index (χ4n) is 2.52. The molecule has 0 saturated carbocycles. The van der Waals surface area contributed by atoms with Gasteiger partial charge in [-0.2, -0.15) is 0 Å². The number of benzene rings is 2. The average molecular weight is 283 g/mol. The fourth-order valence-corrected chi connectivity index (χ4v) is 2.52. The van der Waals surface area contributed by atoms with Crippen LogP contribution in [0.3, 0.4) is 0 Å². The normalized spacial score (nSPS) is 10.2. The number of carbonyl (C=O) groups excluding carboxylic acids is 1. The van der Waals surface area contributed by atoms with E-state index in [9.17, 15) is 4.79 Å². The van der Waals surface area contributed by atoms with Crippen LogP contribution in [0.25, 0.3) is 21.8 Å². The van der Waals surface area contributed by atoms with Crippen molar-refractivity contribution in [2.45, 2.75) is 27.3 Å². The van der Waals surface area contributed by atoms with Gasteiger partial charge in [0.2, 0.25) is 0 Å². The predicted molar refractivity (Wildman–Crippen MR) is 87.4 cm³/mol. The summed E-state index contributed by atoms with van der Waals surface area (Å²) < 4.78 is 7.26. The molecule has 3 nitrogen and oxygen atoms in total. The minimum atomic E-state index is -0.235.